The van der Waals surface area contributed by atoms with Crippen LogP contribution < -0.4 is 21.9 Å². The largest absolute Gasteiger partial charge is 0.387 e. The maximum absolute atomic E-state index is 12.7. The van der Waals surface area contributed by atoms with E-state index in [0.717, 1.165) is 21.4 Å². The van der Waals surface area contributed by atoms with Crippen molar-refractivity contribution in [3.63, 3.8) is 0 Å². The molecule has 208 valence electrons. The molecule has 4 N–H and O–H groups in total. The Hall–Kier alpha value is -3.13. The van der Waals surface area contributed by atoms with E-state index in [-0.39, 0.29) is 19.4 Å². The van der Waals surface area contributed by atoms with E-state index in [2.05, 4.69) is 10.6 Å². The average molecular weight is 554 g/mol. The molecule has 1 aromatic carbocycles. The number of nitrogens with zero attached hydrogens (tertiary/aromatic N) is 2. The Kier molecular flexibility index (Phi) is 9.77. The summed E-state index contributed by atoms with van der Waals surface area (Å²) in [5.74, 6) is -1.47. The minimum absolute atomic E-state index is 0.0704. The summed E-state index contributed by atoms with van der Waals surface area (Å²) in [7, 11) is -2.04. The molecule has 0 bridgehead atoms. The summed E-state index contributed by atoms with van der Waals surface area (Å²) in [6.45, 7) is 3.45. The van der Waals surface area contributed by atoms with Crippen LogP contribution in [-0.4, -0.2) is 69.2 Å². The van der Waals surface area contributed by atoms with Crippen molar-refractivity contribution in [2.45, 2.75) is 44.5 Å². The Labute approximate surface area is 217 Å². The molecule has 2 heterocycles. The van der Waals surface area contributed by atoms with Crippen LogP contribution in [-0.2, 0) is 41.1 Å². The Bertz CT molecular complexity index is 1300. The number of ether oxygens (including phenoxy) is 1. The lowest BCUT2D eigenvalue weighted by Gasteiger charge is -2.17. The molecule has 1 aliphatic rings. The lowest BCUT2D eigenvalue weighted by molar-refractivity contribution is -0.138. The van der Waals surface area contributed by atoms with Gasteiger partial charge in [-0.15, -0.1) is 0 Å². The van der Waals surface area contributed by atoms with Crippen LogP contribution in [0.1, 0.15) is 25.6 Å². The molecule has 1 fully saturated rings. The zero-order valence-corrected chi connectivity index (χ0v) is 22.0. The van der Waals surface area contributed by atoms with E-state index >= 15 is 0 Å². The molecular weight excluding hydrogens is 523 g/mol. The number of anilines is 1. The zero-order chi connectivity index (χ0) is 28.0. The van der Waals surface area contributed by atoms with Gasteiger partial charge in [0.05, 0.1) is 25.9 Å². The fourth-order valence-electron chi connectivity index (χ4n) is 3.80. The molecule has 1 aromatic heterocycles. The number of aliphatic hydroxyl groups is 2. The summed E-state index contributed by atoms with van der Waals surface area (Å²) in [5.41, 5.74) is -0.291. The van der Waals surface area contributed by atoms with Crippen molar-refractivity contribution >= 4 is 25.1 Å². The first-order valence-electron chi connectivity index (χ1n) is 11.8. The second kappa shape index (κ2) is 12.6. The number of benzene rings is 1. The highest BCUT2D eigenvalue weighted by molar-refractivity contribution is 7.53. The molecule has 0 aliphatic carbocycles. The van der Waals surface area contributed by atoms with Gasteiger partial charge in [0.2, 0.25) is 5.91 Å². The van der Waals surface area contributed by atoms with Crippen LogP contribution in [0.25, 0.3) is 0 Å². The molecule has 1 aliphatic heterocycles. The van der Waals surface area contributed by atoms with Gasteiger partial charge in [0, 0.05) is 25.0 Å². The maximum Gasteiger partial charge on any atom is 0.335 e. The first-order valence-corrected chi connectivity index (χ1v) is 13.6. The molecule has 14 nitrogen and oxygen atoms in total. The quantitative estimate of drug-likeness (QED) is 0.268. The molecular formula is C23H31N4O10P. The van der Waals surface area contributed by atoms with Crippen molar-refractivity contribution in [2.75, 3.05) is 25.1 Å². The molecule has 0 spiro atoms. The van der Waals surface area contributed by atoms with Gasteiger partial charge in [-0.1, -0.05) is 12.1 Å². The highest BCUT2D eigenvalue weighted by Gasteiger charge is 2.47. The molecule has 2 amide bonds. The maximum atomic E-state index is 12.7. The van der Waals surface area contributed by atoms with Gasteiger partial charge >= 0.3 is 13.3 Å². The van der Waals surface area contributed by atoms with Crippen molar-refractivity contribution in [2.24, 2.45) is 7.05 Å². The fourth-order valence-corrected chi connectivity index (χ4v) is 5.50. The predicted octanol–water partition coefficient (Wildman–Crippen LogP) is -0.313. The normalized spacial score (nSPS) is 21.3. The number of nitrogens with one attached hydrogen (secondary N) is 2. The Morgan fingerprint density at radius 2 is 1.68 bits per heavy atom. The van der Waals surface area contributed by atoms with Crippen LogP contribution in [0, 0.1) is 0 Å². The van der Waals surface area contributed by atoms with Crippen LogP contribution in [0.4, 0.5) is 5.69 Å². The SMILES string of the molecule is CCOP(=O)(Cc1ccc(NC(=O)CNC(=O)[C@H]2OC(n3ccc(=O)n(C)c3=O)[C@H](O)[C@@H]2O)cc1)OCC. The molecule has 1 unspecified atom stereocenters. The van der Waals surface area contributed by atoms with Crippen LogP contribution >= 0.6 is 7.60 Å². The fraction of sp³-hybridized carbons (Fsp3) is 0.478. The van der Waals surface area contributed by atoms with Gasteiger partial charge in [-0.2, -0.15) is 0 Å². The summed E-state index contributed by atoms with van der Waals surface area (Å²) in [6, 6.07) is 7.57. The monoisotopic (exact) mass is 554 g/mol. The van der Waals surface area contributed by atoms with Crippen molar-refractivity contribution in [1.82, 2.24) is 14.5 Å². The second-order valence-corrected chi connectivity index (χ2v) is 10.5. The van der Waals surface area contributed by atoms with E-state index in [1.54, 1.807) is 38.1 Å². The van der Waals surface area contributed by atoms with Gasteiger partial charge < -0.3 is 34.6 Å². The molecule has 0 radical (unpaired) electrons. The number of hydrogen-bond acceptors (Lipinski definition) is 10. The van der Waals surface area contributed by atoms with E-state index in [9.17, 15) is 34.0 Å². The topological polar surface area (TPSA) is 187 Å². The minimum atomic E-state index is -3.28. The van der Waals surface area contributed by atoms with Gasteiger partial charge in [0.1, 0.15) is 12.2 Å². The molecule has 0 saturated carbocycles. The standard InChI is InChI=1S/C23H31N4O10P/c1-4-35-38(34,36-5-2)13-14-6-8-15(9-7-14)25-16(28)12-24-21(32)20-18(30)19(31)22(37-20)27-11-10-17(29)26(3)23(27)33/h6-11,18-20,22,30-31H,4-5,12-13H2,1-3H3,(H,24,32)(H,25,28)/t18-,19+,20-,22?/m0/s1. The predicted molar refractivity (Wildman–Crippen MR) is 135 cm³/mol. The summed E-state index contributed by atoms with van der Waals surface area (Å²) < 4.78 is 30.3. The van der Waals surface area contributed by atoms with Crippen molar-refractivity contribution in [3.8, 4) is 0 Å². The highest BCUT2D eigenvalue weighted by Crippen LogP contribution is 2.51. The summed E-state index contributed by atoms with van der Waals surface area (Å²) in [5, 5.41) is 25.5. The van der Waals surface area contributed by atoms with Crippen molar-refractivity contribution in [3.05, 3.63) is 62.9 Å². The van der Waals surface area contributed by atoms with Gasteiger partial charge in [-0.3, -0.25) is 28.1 Å². The van der Waals surface area contributed by atoms with Crippen molar-refractivity contribution < 1.29 is 38.2 Å². The Balaban J connectivity index is 1.55. The second-order valence-electron chi connectivity index (χ2n) is 8.40. The number of aliphatic hydroxyl groups excluding tert-OH is 2. The minimum Gasteiger partial charge on any atom is -0.387 e. The van der Waals surface area contributed by atoms with Crippen LogP contribution in [0.3, 0.4) is 0 Å². The molecule has 15 heteroatoms. The lowest BCUT2D eigenvalue weighted by atomic mass is 10.1. The van der Waals surface area contributed by atoms with E-state index in [1.807, 2.05) is 0 Å². The summed E-state index contributed by atoms with van der Waals surface area (Å²) >= 11 is 0. The molecule has 4 atom stereocenters. The van der Waals surface area contributed by atoms with Gasteiger partial charge in [-0.25, -0.2) is 4.79 Å². The average Bonchev–Trinajstić information content (AvgIpc) is 3.17. The summed E-state index contributed by atoms with van der Waals surface area (Å²) in [4.78, 5) is 48.8. The number of hydrogen-bond donors (Lipinski definition) is 4. The molecule has 3 rings (SSSR count). The smallest absolute Gasteiger partial charge is 0.335 e. The number of carbonyl (C=O) groups excluding carboxylic acids is 2. The molecule has 2 aromatic rings. The lowest BCUT2D eigenvalue weighted by Crippen LogP contribution is -2.45. The molecule has 1 saturated heterocycles. The first-order chi connectivity index (χ1) is 18.0. The zero-order valence-electron chi connectivity index (χ0n) is 21.1. The van der Waals surface area contributed by atoms with E-state index < -0.39 is 61.7 Å². The van der Waals surface area contributed by atoms with Crippen LogP contribution in [0.15, 0.2) is 46.1 Å². The van der Waals surface area contributed by atoms with Crippen LogP contribution in [0.2, 0.25) is 0 Å². The number of carbonyl (C=O) groups is 2. The Morgan fingerprint density at radius 3 is 2.29 bits per heavy atom. The summed E-state index contributed by atoms with van der Waals surface area (Å²) in [6.07, 6.45) is -5.17. The third kappa shape index (κ3) is 6.84. The van der Waals surface area contributed by atoms with Gasteiger partial charge in [-0.05, 0) is 31.5 Å². The van der Waals surface area contributed by atoms with Crippen molar-refractivity contribution in [1.29, 1.82) is 0 Å². The third-order valence-electron chi connectivity index (χ3n) is 5.68. The first kappa shape index (κ1) is 29.4. The molecule has 38 heavy (non-hydrogen) atoms. The van der Waals surface area contributed by atoms with Crippen LogP contribution in [0.5, 0.6) is 0 Å². The van der Waals surface area contributed by atoms with Gasteiger partial charge in [0.25, 0.3) is 11.5 Å². The number of aromatic nitrogens is 2. The highest BCUT2D eigenvalue weighted by atomic mass is 31.2. The van der Waals surface area contributed by atoms with E-state index in [1.165, 1.54) is 7.05 Å². The Morgan fingerprint density at radius 1 is 1.05 bits per heavy atom. The third-order valence-corrected chi connectivity index (χ3v) is 7.73. The number of rotatable bonds is 11. The van der Waals surface area contributed by atoms with E-state index in [0.29, 0.717) is 11.3 Å². The van der Waals surface area contributed by atoms with Gasteiger partial charge in [0.15, 0.2) is 12.3 Å². The number of amides is 2. The van der Waals surface area contributed by atoms with E-state index in [4.69, 9.17) is 13.8 Å².